The van der Waals surface area contributed by atoms with Crippen molar-refractivity contribution in [3.63, 3.8) is 0 Å². The molecule has 0 bridgehead atoms. The van der Waals surface area contributed by atoms with Crippen LogP contribution in [-0.2, 0) is 19.5 Å². The minimum Gasteiger partial charge on any atom is -0.355 e. The quantitative estimate of drug-likeness (QED) is 0.335. The summed E-state index contributed by atoms with van der Waals surface area (Å²) in [5, 5.41) is 9.38. The fraction of sp³-hybridized carbons (Fsp3) is 0.522. The first-order chi connectivity index (χ1) is 14.3. The summed E-state index contributed by atoms with van der Waals surface area (Å²) < 4.78 is 0. The molecule has 4 rings (SSSR count). The van der Waals surface area contributed by atoms with E-state index >= 15 is 0 Å². The highest BCUT2D eigenvalue weighted by Crippen LogP contribution is 2.23. The largest absolute Gasteiger partial charge is 0.355 e. The maximum absolute atomic E-state index is 4.44. The first-order valence-electron chi connectivity index (χ1n) is 10.8. The zero-order valence-electron chi connectivity index (χ0n) is 17.8. The zero-order valence-corrected chi connectivity index (χ0v) is 21.0. The van der Waals surface area contributed by atoms with E-state index in [1.54, 1.807) is 4.88 Å². The molecule has 0 atom stereocenters. The van der Waals surface area contributed by atoms with Gasteiger partial charge in [-0.15, -0.1) is 35.3 Å². The molecular formula is C23H34IN5S. The Bertz CT molecular complexity index is 786. The van der Waals surface area contributed by atoms with Crippen molar-refractivity contribution in [2.75, 3.05) is 39.8 Å². The molecule has 3 heterocycles. The molecule has 164 valence electrons. The van der Waals surface area contributed by atoms with Gasteiger partial charge in [0.1, 0.15) is 0 Å². The summed E-state index contributed by atoms with van der Waals surface area (Å²) >= 11 is 1.90. The molecule has 0 amide bonds. The Kier molecular flexibility index (Phi) is 9.42. The van der Waals surface area contributed by atoms with Gasteiger partial charge in [-0.1, -0.05) is 30.3 Å². The lowest BCUT2D eigenvalue weighted by molar-refractivity contribution is 0.198. The summed E-state index contributed by atoms with van der Waals surface area (Å²) in [6.45, 7) is 7.59. The molecule has 1 aromatic heterocycles. The highest BCUT2D eigenvalue weighted by Gasteiger charge is 2.20. The first-order valence-corrected chi connectivity index (χ1v) is 11.7. The maximum atomic E-state index is 4.44. The molecule has 0 aliphatic carbocycles. The number of nitrogens with zero attached hydrogens (tertiary/aromatic N) is 3. The van der Waals surface area contributed by atoms with Gasteiger partial charge in [-0.2, -0.15) is 0 Å². The van der Waals surface area contributed by atoms with Crippen LogP contribution in [0.15, 0.2) is 46.8 Å². The van der Waals surface area contributed by atoms with Crippen LogP contribution in [0.3, 0.4) is 0 Å². The summed E-state index contributed by atoms with van der Waals surface area (Å²) in [6.07, 6.45) is 3.53. The summed E-state index contributed by atoms with van der Waals surface area (Å²) in [6, 6.07) is 13.6. The Morgan fingerprint density at radius 3 is 2.67 bits per heavy atom. The van der Waals surface area contributed by atoms with Crippen LogP contribution in [0.1, 0.15) is 28.8 Å². The summed E-state index contributed by atoms with van der Waals surface area (Å²) in [5.41, 5.74) is 2.93. The van der Waals surface area contributed by atoms with E-state index in [4.69, 9.17) is 0 Å². The van der Waals surface area contributed by atoms with Crippen LogP contribution in [0.2, 0.25) is 0 Å². The monoisotopic (exact) mass is 539 g/mol. The average Bonchev–Trinajstić information content (AvgIpc) is 3.23. The molecule has 5 nitrogen and oxygen atoms in total. The number of nitrogens with one attached hydrogen (secondary N) is 2. The Labute approximate surface area is 202 Å². The van der Waals surface area contributed by atoms with Crippen LogP contribution >= 0.6 is 35.3 Å². The number of hydrogen-bond acceptors (Lipinski definition) is 4. The highest BCUT2D eigenvalue weighted by atomic mass is 127. The van der Waals surface area contributed by atoms with Gasteiger partial charge >= 0.3 is 0 Å². The van der Waals surface area contributed by atoms with Gasteiger partial charge in [-0.3, -0.25) is 14.8 Å². The predicted molar refractivity (Wildman–Crippen MR) is 138 cm³/mol. The van der Waals surface area contributed by atoms with Crippen molar-refractivity contribution < 1.29 is 0 Å². The summed E-state index contributed by atoms with van der Waals surface area (Å²) in [7, 11) is 1.87. The van der Waals surface area contributed by atoms with Crippen LogP contribution in [0, 0.1) is 0 Å². The van der Waals surface area contributed by atoms with Gasteiger partial charge in [0.05, 0.1) is 0 Å². The molecular weight excluding hydrogens is 505 g/mol. The van der Waals surface area contributed by atoms with Crippen molar-refractivity contribution in [2.45, 2.75) is 38.4 Å². The van der Waals surface area contributed by atoms with Gasteiger partial charge in [0, 0.05) is 63.8 Å². The van der Waals surface area contributed by atoms with Gasteiger partial charge in [0.2, 0.25) is 0 Å². The Morgan fingerprint density at radius 2 is 1.90 bits per heavy atom. The third-order valence-electron chi connectivity index (χ3n) is 6.01. The normalized spacial score (nSPS) is 18.5. The average molecular weight is 540 g/mol. The van der Waals surface area contributed by atoms with Gasteiger partial charge < -0.3 is 10.6 Å². The molecule has 30 heavy (non-hydrogen) atoms. The number of piperidine rings is 1. The van der Waals surface area contributed by atoms with Gasteiger partial charge in [-0.05, 0) is 41.8 Å². The Morgan fingerprint density at radius 1 is 1.10 bits per heavy atom. The van der Waals surface area contributed by atoms with Crippen LogP contribution in [-0.4, -0.2) is 61.6 Å². The van der Waals surface area contributed by atoms with Crippen molar-refractivity contribution in [1.82, 2.24) is 20.4 Å². The van der Waals surface area contributed by atoms with Crippen molar-refractivity contribution in [2.24, 2.45) is 4.99 Å². The smallest absolute Gasteiger partial charge is 0.191 e. The standard InChI is InChI=1S/C23H33N5S.HI/c1-24-23(25-11-15-28-14-9-22-20(18-28)10-16-29-22)26-21-7-12-27(13-8-21)17-19-5-3-2-4-6-19;/h2-6,10,16,21H,7-9,11-15,17-18H2,1H3,(H2,24,25,26);1H. The van der Waals surface area contributed by atoms with Crippen LogP contribution < -0.4 is 10.6 Å². The van der Waals surface area contributed by atoms with E-state index in [-0.39, 0.29) is 24.0 Å². The molecule has 0 radical (unpaired) electrons. The lowest BCUT2D eigenvalue weighted by atomic mass is 10.0. The third-order valence-corrected chi connectivity index (χ3v) is 7.03. The number of thiophene rings is 1. The number of hydrogen-bond donors (Lipinski definition) is 2. The molecule has 1 fully saturated rings. The predicted octanol–water partition coefficient (Wildman–Crippen LogP) is 3.55. The van der Waals surface area contributed by atoms with Gasteiger partial charge in [-0.25, -0.2) is 0 Å². The Balaban J connectivity index is 0.00000256. The minimum absolute atomic E-state index is 0. The Hall–Kier alpha value is -1.16. The zero-order chi connectivity index (χ0) is 19.9. The van der Waals surface area contributed by atoms with Crippen LogP contribution in [0.4, 0.5) is 0 Å². The highest BCUT2D eigenvalue weighted by molar-refractivity contribution is 14.0. The molecule has 1 aromatic carbocycles. The maximum Gasteiger partial charge on any atom is 0.191 e. The second-order valence-electron chi connectivity index (χ2n) is 8.07. The summed E-state index contributed by atoms with van der Waals surface area (Å²) in [5.74, 6) is 0.944. The molecule has 0 saturated carbocycles. The third kappa shape index (κ3) is 6.67. The number of fused-ring (bicyclic) bond motifs is 1. The van der Waals surface area contributed by atoms with Crippen molar-refractivity contribution >= 4 is 41.3 Å². The van der Waals surface area contributed by atoms with Gasteiger partial charge in [0.25, 0.3) is 0 Å². The van der Waals surface area contributed by atoms with Gasteiger partial charge in [0.15, 0.2) is 5.96 Å². The minimum atomic E-state index is 0. The second kappa shape index (κ2) is 12.0. The number of guanidine groups is 1. The molecule has 2 aliphatic heterocycles. The molecule has 0 unspecified atom stereocenters. The number of likely N-dealkylation sites (tertiary alicyclic amines) is 1. The van der Waals surface area contributed by atoms with E-state index in [2.05, 4.69) is 67.2 Å². The molecule has 2 aliphatic rings. The van der Waals surface area contributed by atoms with E-state index in [0.717, 1.165) is 45.2 Å². The van der Waals surface area contributed by atoms with Crippen LogP contribution in [0.5, 0.6) is 0 Å². The lowest BCUT2D eigenvalue weighted by Crippen LogP contribution is -2.49. The first kappa shape index (κ1) is 23.5. The van der Waals surface area contributed by atoms with E-state index in [1.807, 2.05) is 18.4 Å². The number of halogens is 1. The SMILES string of the molecule is CN=C(NCCN1CCc2sccc2C1)NC1CCN(Cc2ccccc2)CC1.I. The molecule has 7 heteroatoms. The number of rotatable bonds is 6. The van der Waals surface area contributed by atoms with Crippen molar-refractivity contribution in [3.8, 4) is 0 Å². The number of aliphatic imine (C=N–C) groups is 1. The van der Waals surface area contributed by atoms with Crippen molar-refractivity contribution in [1.29, 1.82) is 0 Å². The van der Waals surface area contributed by atoms with Crippen LogP contribution in [0.25, 0.3) is 0 Å². The lowest BCUT2D eigenvalue weighted by Gasteiger charge is -2.33. The van der Waals surface area contributed by atoms with E-state index < -0.39 is 0 Å². The molecule has 2 aromatic rings. The van der Waals surface area contributed by atoms with E-state index in [1.165, 1.54) is 36.9 Å². The fourth-order valence-corrected chi connectivity index (χ4v) is 5.18. The molecule has 2 N–H and O–H groups in total. The topological polar surface area (TPSA) is 42.9 Å². The second-order valence-corrected chi connectivity index (χ2v) is 9.08. The molecule has 0 spiro atoms. The van der Waals surface area contributed by atoms with E-state index in [0.29, 0.717) is 6.04 Å². The van der Waals surface area contributed by atoms with Crippen molar-refractivity contribution in [3.05, 3.63) is 57.8 Å². The molecule has 1 saturated heterocycles. The number of benzene rings is 1. The fourth-order valence-electron chi connectivity index (χ4n) is 4.30. The summed E-state index contributed by atoms with van der Waals surface area (Å²) in [4.78, 5) is 11.1. The van der Waals surface area contributed by atoms with E-state index in [9.17, 15) is 0 Å².